The van der Waals surface area contributed by atoms with E-state index in [1.807, 2.05) is 0 Å². The van der Waals surface area contributed by atoms with E-state index < -0.39 is 0 Å². The van der Waals surface area contributed by atoms with Crippen LogP contribution in [0.25, 0.3) is 0 Å². The molecule has 0 unspecified atom stereocenters. The standard InChI is InChI=1S/C7H6ClO.Li/c1-9-7-4-2-3-6(8)5-7;/h2-3,5H,1H3;/q-1;+1. The zero-order valence-corrected chi connectivity index (χ0v) is 6.77. The molecule has 10 heavy (non-hydrogen) atoms. The van der Waals surface area contributed by atoms with Crippen molar-refractivity contribution in [2.75, 3.05) is 7.11 Å². The van der Waals surface area contributed by atoms with E-state index in [-0.39, 0.29) is 18.9 Å². The fourth-order valence-electron chi connectivity index (χ4n) is 0.536. The van der Waals surface area contributed by atoms with E-state index in [9.17, 15) is 0 Å². The maximum atomic E-state index is 5.62. The molecule has 0 N–H and O–H groups in total. The van der Waals surface area contributed by atoms with Crippen LogP contribution in [0.2, 0.25) is 5.02 Å². The van der Waals surface area contributed by atoms with Gasteiger partial charge in [-0.3, -0.25) is 0 Å². The summed E-state index contributed by atoms with van der Waals surface area (Å²) >= 11 is 5.62. The molecule has 1 rings (SSSR count). The summed E-state index contributed by atoms with van der Waals surface area (Å²) in [5, 5.41) is 0.672. The SMILES string of the molecule is COc1[c-]ccc(Cl)c1.[Li+]. The molecule has 0 fully saturated rings. The van der Waals surface area contributed by atoms with E-state index in [1.54, 1.807) is 25.3 Å². The van der Waals surface area contributed by atoms with E-state index in [2.05, 4.69) is 6.07 Å². The number of methoxy groups -OCH3 is 1. The molecule has 0 saturated carbocycles. The third-order valence-electron chi connectivity index (χ3n) is 0.957. The Hall–Kier alpha value is -0.0926. The van der Waals surface area contributed by atoms with Crippen molar-refractivity contribution in [2.24, 2.45) is 0 Å². The van der Waals surface area contributed by atoms with Crippen molar-refractivity contribution in [3.63, 3.8) is 0 Å². The van der Waals surface area contributed by atoms with Crippen LogP contribution in [-0.4, -0.2) is 7.11 Å². The number of hydrogen-bond donors (Lipinski definition) is 0. The van der Waals surface area contributed by atoms with Crippen molar-refractivity contribution < 1.29 is 23.6 Å². The maximum Gasteiger partial charge on any atom is 1.00 e. The number of rotatable bonds is 1. The Labute approximate surface area is 77.5 Å². The van der Waals surface area contributed by atoms with Crippen molar-refractivity contribution in [2.45, 2.75) is 0 Å². The molecule has 0 radical (unpaired) electrons. The van der Waals surface area contributed by atoms with Crippen molar-refractivity contribution in [1.29, 1.82) is 0 Å². The first-order chi connectivity index (χ1) is 4.33. The van der Waals surface area contributed by atoms with Gasteiger partial charge in [-0.25, -0.2) is 0 Å². The second kappa shape index (κ2) is 4.68. The van der Waals surface area contributed by atoms with Crippen molar-refractivity contribution >= 4 is 11.6 Å². The minimum absolute atomic E-state index is 0. The topological polar surface area (TPSA) is 9.23 Å². The molecular formula is C7H6ClLiO. The summed E-state index contributed by atoms with van der Waals surface area (Å²) in [6.07, 6.45) is 0. The minimum atomic E-state index is 0. The molecule has 0 spiro atoms. The molecule has 0 aliphatic heterocycles. The zero-order valence-electron chi connectivity index (χ0n) is 6.02. The third kappa shape index (κ3) is 2.66. The number of benzene rings is 1. The van der Waals surface area contributed by atoms with Gasteiger partial charge in [0, 0.05) is 5.75 Å². The average Bonchev–Trinajstić information content (AvgIpc) is 1.88. The largest absolute Gasteiger partial charge is 1.00 e. The zero-order chi connectivity index (χ0) is 6.69. The van der Waals surface area contributed by atoms with Crippen LogP contribution < -0.4 is 23.6 Å². The molecule has 0 heterocycles. The first-order valence-corrected chi connectivity index (χ1v) is 2.92. The molecule has 1 aromatic carbocycles. The normalized spacial score (nSPS) is 8.20. The molecule has 0 amide bonds. The Kier molecular flexibility index (Phi) is 4.64. The molecule has 0 aliphatic rings. The first kappa shape index (κ1) is 9.91. The van der Waals surface area contributed by atoms with Crippen molar-refractivity contribution in [3.05, 3.63) is 29.3 Å². The van der Waals surface area contributed by atoms with E-state index in [0.29, 0.717) is 10.8 Å². The Morgan fingerprint density at radius 2 is 2.30 bits per heavy atom. The van der Waals surface area contributed by atoms with Gasteiger partial charge in [-0.15, -0.1) is 23.7 Å². The minimum Gasteiger partial charge on any atom is -0.523 e. The molecule has 1 nitrogen and oxygen atoms in total. The van der Waals surface area contributed by atoms with Gasteiger partial charge in [0.15, 0.2) is 0 Å². The number of halogens is 1. The molecule has 0 atom stereocenters. The van der Waals surface area contributed by atoms with Gasteiger partial charge in [0.1, 0.15) is 0 Å². The molecule has 0 aromatic heterocycles. The van der Waals surface area contributed by atoms with Gasteiger partial charge in [-0.2, -0.15) is 12.1 Å². The average molecular weight is 149 g/mol. The van der Waals surface area contributed by atoms with Crippen LogP contribution >= 0.6 is 11.6 Å². The van der Waals surface area contributed by atoms with Gasteiger partial charge < -0.3 is 4.74 Å². The van der Waals surface area contributed by atoms with Crippen molar-refractivity contribution in [1.82, 2.24) is 0 Å². The third-order valence-corrected chi connectivity index (χ3v) is 1.19. The van der Waals surface area contributed by atoms with Crippen LogP contribution in [-0.2, 0) is 0 Å². The summed E-state index contributed by atoms with van der Waals surface area (Å²) in [5.41, 5.74) is 0. The van der Waals surface area contributed by atoms with E-state index in [1.165, 1.54) is 0 Å². The molecule has 0 aliphatic carbocycles. The number of ether oxygens (including phenoxy) is 1. The predicted octanol–water partition coefficient (Wildman–Crippen LogP) is -0.847. The fraction of sp³-hybridized carbons (Fsp3) is 0.143. The quantitative estimate of drug-likeness (QED) is 0.373. The Morgan fingerprint density at radius 1 is 1.60 bits per heavy atom. The summed E-state index contributed by atoms with van der Waals surface area (Å²) in [4.78, 5) is 0. The molecule has 3 heteroatoms. The van der Waals surface area contributed by atoms with Crippen LogP contribution in [0.3, 0.4) is 0 Å². The summed E-state index contributed by atoms with van der Waals surface area (Å²) in [6, 6.07) is 8.04. The molecule has 0 bridgehead atoms. The maximum absolute atomic E-state index is 5.62. The Bertz CT molecular complexity index is 203. The summed E-state index contributed by atoms with van der Waals surface area (Å²) in [7, 11) is 1.59. The second-order valence-corrected chi connectivity index (χ2v) is 2.01. The van der Waals surface area contributed by atoms with E-state index >= 15 is 0 Å². The van der Waals surface area contributed by atoms with Gasteiger partial charge in [0.25, 0.3) is 0 Å². The Balaban J connectivity index is 0.000000810. The molecule has 0 saturated heterocycles. The Morgan fingerprint density at radius 3 is 2.70 bits per heavy atom. The van der Waals surface area contributed by atoms with Gasteiger partial charge in [0.2, 0.25) is 0 Å². The summed E-state index contributed by atoms with van der Waals surface area (Å²) in [6.45, 7) is 0. The summed E-state index contributed by atoms with van der Waals surface area (Å²) < 4.78 is 4.86. The van der Waals surface area contributed by atoms with Crippen molar-refractivity contribution in [3.8, 4) is 5.75 Å². The fourth-order valence-corrected chi connectivity index (χ4v) is 0.698. The van der Waals surface area contributed by atoms with Crippen LogP contribution in [0.15, 0.2) is 18.2 Å². The van der Waals surface area contributed by atoms with Gasteiger partial charge in [0.05, 0.1) is 7.11 Å². The monoisotopic (exact) mass is 148 g/mol. The molecule has 1 aromatic rings. The van der Waals surface area contributed by atoms with Crippen LogP contribution in [0.4, 0.5) is 0 Å². The molecule has 48 valence electrons. The van der Waals surface area contributed by atoms with Crippen LogP contribution in [0.5, 0.6) is 5.75 Å². The van der Waals surface area contributed by atoms with Gasteiger partial charge in [-0.05, 0) is 0 Å². The second-order valence-electron chi connectivity index (χ2n) is 1.58. The van der Waals surface area contributed by atoms with Gasteiger partial charge in [-0.1, -0.05) is 5.02 Å². The number of hydrogen-bond acceptors (Lipinski definition) is 1. The van der Waals surface area contributed by atoms with Crippen LogP contribution in [0, 0.1) is 6.07 Å². The van der Waals surface area contributed by atoms with E-state index in [0.717, 1.165) is 0 Å². The first-order valence-electron chi connectivity index (χ1n) is 2.54. The summed E-state index contributed by atoms with van der Waals surface area (Å²) in [5.74, 6) is 0.669. The van der Waals surface area contributed by atoms with Crippen LogP contribution in [0.1, 0.15) is 0 Å². The van der Waals surface area contributed by atoms with Gasteiger partial charge >= 0.3 is 18.9 Å². The van der Waals surface area contributed by atoms with E-state index in [4.69, 9.17) is 16.3 Å². The smallest absolute Gasteiger partial charge is 0.523 e. The predicted molar refractivity (Wildman–Crippen MR) is 36.8 cm³/mol. The molecular weight excluding hydrogens is 142 g/mol.